The monoisotopic (exact) mass is 479 g/mol. The largest absolute Gasteiger partial charge is 0.465 e. The van der Waals surface area contributed by atoms with Crippen LogP contribution in [0.2, 0.25) is 0 Å². The molecule has 0 unspecified atom stereocenters. The average molecular weight is 480 g/mol. The van der Waals surface area contributed by atoms with E-state index in [9.17, 15) is 19.2 Å². The van der Waals surface area contributed by atoms with Crippen LogP contribution in [0.3, 0.4) is 0 Å². The van der Waals surface area contributed by atoms with Gasteiger partial charge in [-0.1, -0.05) is 43.7 Å². The summed E-state index contributed by atoms with van der Waals surface area (Å²) in [6, 6.07) is 15.5. The summed E-state index contributed by atoms with van der Waals surface area (Å²) in [7, 11) is 1.29. The predicted molar refractivity (Wildman–Crippen MR) is 135 cm³/mol. The first-order valence-electron chi connectivity index (χ1n) is 11.2. The molecule has 0 aliphatic rings. The van der Waals surface area contributed by atoms with E-state index in [0.717, 1.165) is 12.0 Å². The smallest absolute Gasteiger partial charge is 0.337 e. The number of aromatic amines is 1. The third-order valence-electron chi connectivity index (χ3n) is 5.41. The molecular formula is C25H29N5O5. The number of nitrogens with one attached hydrogen (secondary N) is 2. The molecule has 0 fully saturated rings. The fraction of sp³-hybridized carbons (Fsp3) is 0.280. The summed E-state index contributed by atoms with van der Waals surface area (Å²) in [5.74, 6) is -0.875. The number of carbonyl (C=O) groups excluding carboxylic acids is 2. The number of ether oxygens (including phenoxy) is 1. The van der Waals surface area contributed by atoms with Crippen molar-refractivity contribution in [2.24, 2.45) is 0 Å². The third-order valence-corrected chi connectivity index (χ3v) is 5.41. The van der Waals surface area contributed by atoms with E-state index in [0.29, 0.717) is 24.2 Å². The van der Waals surface area contributed by atoms with E-state index >= 15 is 0 Å². The van der Waals surface area contributed by atoms with Gasteiger partial charge in [0, 0.05) is 18.8 Å². The van der Waals surface area contributed by atoms with Crippen LogP contribution in [-0.4, -0.2) is 35.1 Å². The number of nitrogens with zero attached hydrogens (tertiary/aromatic N) is 2. The van der Waals surface area contributed by atoms with Crippen LogP contribution >= 0.6 is 0 Å². The van der Waals surface area contributed by atoms with Crippen LogP contribution in [0.25, 0.3) is 0 Å². The van der Waals surface area contributed by atoms with Gasteiger partial charge >= 0.3 is 11.7 Å². The van der Waals surface area contributed by atoms with Gasteiger partial charge in [-0.15, -0.1) is 0 Å². The number of amides is 1. The van der Waals surface area contributed by atoms with E-state index in [1.54, 1.807) is 17.0 Å². The predicted octanol–water partition coefficient (Wildman–Crippen LogP) is 2.35. The molecule has 35 heavy (non-hydrogen) atoms. The summed E-state index contributed by atoms with van der Waals surface area (Å²) in [5.41, 5.74) is 6.78. The first-order valence-corrected chi connectivity index (χ1v) is 11.2. The zero-order valence-corrected chi connectivity index (χ0v) is 19.7. The standard InChI is InChI=1S/C25H29N5O5/c1-3-4-14-30-22(26)21(23(32)28-25(30)34)29(15-17-8-6-5-7-9-17)16-20(31)27-19-12-10-18(11-13-19)24(33)35-2/h5-13H,3-4,14-16,26H2,1-2H3,(H,27,31)(H,28,32,34). The highest BCUT2D eigenvalue weighted by Crippen LogP contribution is 2.20. The van der Waals surface area contributed by atoms with Gasteiger partial charge in [0.05, 0.1) is 19.2 Å². The second-order valence-electron chi connectivity index (χ2n) is 7.96. The fourth-order valence-corrected chi connectivity index (χ4v) is 3.62. The summed E-state index contributed by atoms with van der Waals surface area (Å²) in [4.78, 5) is 53.6. The molecule has 0 saturated heterocycles. The van der Waals surface area contributed by atoms with Crippen molar-refractivity contribution in [3.8, 4) is 0 Å². The van der Waals surface area contributed by atoms with Crippen molar-refractivity contribution in [3.05, 3.63) is 86.6 Å². The fourth-order valence-electron chi connectivity index (χ4n) is 3.62. The Balaban J connectivity index is 1.91. The second-order valence-corrected chi connectivity index (χ2v) is 7.96. The van der Waals surface area contributed by atoms with Gasteiger partial charge in [0.1, 0.15) is 11.5 Å². The van der Waals surface area contributed by atoms with Gasteiger partial charge in [0.25, 0.3) is 5.56 Å². The van der Waals surface area contributed by atoms with Crippen molar-refractivity contribution < 1.29 is 14.3 Å². The molecule has 10 heteroatoms. The maximum absolute atomic E-state index is 12.9. The number of hydrogen-bond acceptors (Lipinski definition) is 7. The van der Waals surface area contributed by atoms with Crippen molar-refractivity contribution in [1.29, 1.82) is 0 Å². The Morgan fingerprint density at radius 2 is 1.77 bits per heavy atom. The first-order chi connectivity index (χ1) is 16.8. The van der Waals surface area contributed by atoms with Crippen molar-refractivity contribution in [3.63, 3.8) is 0 Å². The lowest BCUT2D eigenvalue weighted by molar-refractivity contribution is -0.115. The maximum Gasteiger partial charge on any atom is 0.337 e. The molecule has 0 bridgehead atoms. The lowest BCUT2D eigenvalue weighted by atomic mass is 10.2. The van der Waals surface area contributed by atoms with Gasteiger partial charge in [0.15, 0.2) is 0 Å². The van der Waals surface area contributed by atoms with Crippen LogP contribution in [0.15, 0.2) is 64.2 Å². The molecule has 0 spiro atoms. The highest BCUT2D eigenvalue weighted by molar-refractivity contribution is 5.95. The van der Waals surface area contributed by atoms with Gasteiger partial charge in [0.2, 0.25) is 5.91 Å². The molecule has 1 aromatic heterocycles. The van der Waals surface area contributed by atoms with E-state index in [1.165, 1.54) is 23.8 Å². The van der Waals surface area contributed by atoms with Crippen molar-refractivity contribution in [2.75, 3.05) is 29.6 Å². The number of nitrogen functional groups attached to an aromatic ring is 1. The zero-order valence-electron chi connectivity index (χ0n) is 19.7. The molecule has 0 radical (unpaired) electrons. The number of benzene rings is 2. The Kier molecular flexibility index (Phi) is 8.44. The van der Waals surface area contributed by atoms with E-state index in [4.69, 9.17) is 5.73 Å². The number of H-pyrrole nitrogens is 1. The molecule has 1 amide bonds. The van der Waals surface area contributed by atoms with E-state index in [1.807, 2.05) is 37.3 Å². The van der Waals surface area contributed by atoms with Crippen LogP contribution in [0.1, 0.15) is 35.7 Å². The minimum Gasteiger partial charge on any atom is -0.465 e. The number of methoxy groups -OCH3 is 1. The van der Waals surface area contributed by atoms with Crippen LogP contribution < -0.4 is 27.2 Å². The average Bonchev–Trinajstić information content (AvgIpc) is 2.84. The van der Waals surface area contributed by atoms with Crippen LogP contribution in [0, 0.1) is 0 Å². The number of hydrogen-bond donors (Lipinski definition) is 3. The minimum absolute atomic E-state index is 0.0124. The number of aromatic nitrogens is 2. The molecule has 0 atom stereocenters. The Bertz CT molecular complexity index is 1280. The van der Waals surface area contributed by atoms with Gasteiger partial charge < -0.3 is 20.7 Å². The Morgan fingerprint density at radius 1 is 1.09 bits per heavy atom. The SMILES string of the molecule is CCCCn1c(N)c(N(CC(=O)Nc2ccc(C(=O)OC)cc2)Cc2ccccc2)c(=O)[nH]c1=O. The summed E-state index contributed by atoms with van der Waals surface area (Å²) >= 11 is 0. The highest BCUT2D eigenvalue weighted by Gasteiger charge is 2.21. The molecule has 3 rings (SSSR count). The minimum atomic E-state index is -0.661. The molecule has 2 aromatic carbocycles. The van der Waals surface area contributed by atoms with E-state index in [2.05, 4.69) is 15.0 Å². The molecule has 0 saturated carbocycles. The van der Waals surface area contributed by atoms with Gasteiger partial charge in [-0.3, -0.25) is 19.1 Å². The zero-order chi connectivity index (χ0) is 25.4. The summed E-state index contributed by atoms with van der Waals surface area (Å²) in [5, 5.41) is 2.76. The molecule has 4 N–H and O–H groups in total. The molecule has 0 aliphatic carbocycles. The van der Waals surface area contributed by atoms with E-state index < -0.39 is 23.1 Å². The maximum atomic E-state index is 12.9. The third kappa shape index (κ3) is 6.38. The number of nitrogens with two attached hydrogens (primary N) is 1. The van der Waals surface area contributed by atoms with Gasteiger partial charge in [-0.25, -0.2) is 9.59 Å². The number of rotatable bonds is 10. The molecule has 10 nitrogen and oxygen atoms in total. The lowest BCUT2D eigenvalue weighted by Crippen LogP contribution is -2.41. The van der Waals surface area contributed by atoms with Gasteiger partial charge in [-0.2, -0.15) is 0 Å². The quantitative estimate of drug-likeness (QED) is 0.379. The lowest BCUT2D eigenvalue weighted by Gasteiger charge is -2.26. The normalized spacial score (nSPS) is 10.6. The Hall–Kier alpha value is -4.34. The van der Waals surface area contributed by atoms with Crippen molar-refractivity contribution in [1.82, 2.24) is 9.55 Å². The summed E-state index contributed by atoms with van der Waals surface area (Å²) in [6.45, 7) is 2.35. The number of carbonyl (C=O) groups is 2. The number of unbranched alkanes of at least 4 members (excludes halogenated alkanes) is 1. The molecule has 0 aliphatic heterocycles. The number of anilines is 3. The van der Waals surface area contributed by atoms with Crippen molar-refractivity contribution >= 4 is 29.1 Å². The molecule has 1 heterocycles. The Labute approximate surface area is 202 Å². The Morgan fingerprint density at radius 3 is 2.40 bits per heavy atom. The molecule has 184 valence electrons. The molecule has 3 aromatic rings. The van der Waals surface area contributed by atoms with Crippen LogP contribution in [0.5, 0.6) is 0 Å². The second kappa shape index (κ2) is 11.7. The topological polar surface area (TPSA) is 140 Å². The molecular weight excluding hydrogens is 450 g/mol. The first kappa shape index (κ1) is 25.3. The van der Waals surface area contributed by atoms with E-state index in [-0.39, 0.29) is 24.6 Å². The van der Waals surface area contributed by atoms with Gasteiger partial charge in [-0.05, 0) is 36.2 Å². The summed E-state index contributed by atoms with van der Waals surface area (Å²) in [6.07, 6.45) is 1.54. The van der Waals surface area contributed by atoms with Crippen molar-refractivity contribution in [2.45, 2.75) is 32.9 Å². The number of esters is 1. The van der Waals surface area contributed by atoms with Crippen LogP contribution in [0.4, 0.5) is 17.2 Å². The highest BCUT2D eigenvalue weighted by atomic mass is 16.5. The van der Waals surface area contributed by atoms with Crippen LogP contribution in [-0.2, 0) is 22.6 Å². The summed E-state index contributed by atoms with van der Waals surface area (Å²) < 4.78 is 6.00.